The summed E-state index contributed by atoms with van der Waals surface area (Å²) >= 11 is 16.1. The third-order valence-corrected chi connectivity index (χ3v) is 7.76. The third kappa shape index (κ3) is 5.66. The molecule has 0 radical (unpaired) electrons. The highest BCUT2D eigenvalue weighted by molar-refractivity contribution is 9.10. The molecule has 0 saturated carbocycles. The highest BCUT2D eigenvalue weighted by atomic mass is 79.9. The van der Waals surface area contributed by atoms with Crippen LogP contribution < -0.4 is 15.0 Å². The number of nitrogens with zero attached hydrogens (tertiary/aromatic N) is 3. The Bertz CT molecular complexity index is 2040. The van der Waals surface area contributed by atoms with Gasteiger partial charge >= 0.3 is 0 Å². The van der Waals surface area contributed by atoms with Crippen molar-refractivity contribution in [2.75, 3.05) is 6.61 Å². The van der Waals surface area contributed by atoms with Crippen molar-refractivity contribution < 1.29 is 13.9 Å². The van der Waals surface area contributed by atoms with E-state index in [1.54, 1.807) is 60.8 Å². The van der Waals surface area contributed by atoms with Gasteiger partial charge in [-0.25, -0.2) is 4.98 Å². The van der Waals surface area contributed by atoms with Crippen molar-refractivity contribution in [3.05, 3.63) is 121 Å². The molecule has 0 spiro atoms. The largest absolute Gasteiger partial charge is 0.490 e. The van der Waals surface area contributed by atoms with Crippen LogP contribution >= 0.6 is 39.1 Å². The molecule has 0 fully saturated rings. The molecule has 0 unspecified atom stereocenters. The van der Waals surface area contributed by atoms with Gasteiger partial charge in [0.15, 0.2) is 17.3 Å². The van der Waals surface area contributed by atoms with Crippen LogP contribution in [0.1, 0.15) is 18.1 Å². The van der Waals surface area contributed by atoms with Gasteiger partial charge in [-0.3, -0.25) is 4.79 Å². The standard InChI is InChI=1S/C32H22BrCl2N3O4/c1-2-40-28-15-21(24(33)16-29(28)41-18-19-7-3-5-9-25(19)35)17-36-38-31(37-26-10-6-4-8-23(26)32(38)39)30-14-20-13-22(34)11-12-27(20)42-30/h3-17H,2,18H2,1H3. The number of furan rings is 1. The lowest BCUT2D eigenvalue weighted by Crippen LogP contribution is -2.20. The molecular formula is C32H22BrCl2N3O4. The van der Waals surface area contributed by atoms with Gasteiger partial charge in [-0.05, 0) is 77.5 Å². The van der Waals surface area contributed by atoms with E-state index in [0.717, 1.165) is 10.9 Å². The zero-order chi connectivity index (χ0) is 29.2. The lowest BCUT2D eigenvalue weighted by Gasteiger charge is -2.14. The molecule has 0 saturated heterocycles. The van der Waals surface area contributed by atoms with Gasteiger partial charge in [0.1, 0.15) is 12.2 Å². The second-order valence-electron chi connectivity index (χ2n) is 9.24. The quantitative estimate of drug-likeness (QED) is 0.152. The number of benzene rings is 4. The van der Waals surface area contributed by atoms with Crippen LogP contribution in [0.25, 0.3) is 33.5 Å². The molecule has 0 aliphatic heterocycles. The van der Waals surface area contributed by atoms with E-state index in [1.807, 2.05) is 37.3 Å². The first-order valence-corrected chi connectivity index (χ1v) is 14.5. The fourth-order valence-electron chi connectivity index (χ4n) is 4.44. The summed E-state index contributed by atoms with van der Waals surface area (Å²) in [5.74, 6) is 1.69. The average molecular weight is 663 g/mol. The Kier molecular flexibility index (Phi) is 8.02. The van der Waals surface area contributed by atoms with Crippen LogP contribution in [0.15, 0.2) is 104 Å². The normalized spacial score (nSPS) is 11.5. The molecule has 2 aromatic heterocycles. The Labute approximate surface area is 259 Å². The molecule has 6 rings (SSSR count). The molecule has 7 nitrogen and oxygen atoms in total. The molecular weight excluding hydrogens is 641 g/mol. The van der Waals surface area contributed by atoms with E-state index in [2.05, 4.69) is 21.0 Å². The number of aromatic nitrogens is 2. The number of hydrogen-bond donors (Lipinski definition) is 0. The Morgan fingerprint density at radius 3 is 2.60 bits per heavy atom. The van der Waals surface area contributed by atoms with Gasteiger partial charge in [0.05, 0.1) is 23.7 Å². The summed E-state index contributed by atoms with van der Waals surface area (Å²) in [6.07, 6.45) is 1.56. The van der Waals surface area contributed by atoms with Crippen molar-refractivity contribution in [1.82, 2.24) is 9.66 Å². The molecule has 10 heteroatoms. The topological polar surface area (TPSA) is 78.9 Å². The van der Waals surface area contributed by atoms with E-state index in [0.29, 0.717) is 60.4 Å². The Balaban J connectivity index is 1.41. The Morgan fingerprint density at radius 1 is 0.976 bits per heavy atom. The van der Waals surface area contributed by atoms with Gasteiger partial charge in [0.2, 0.25) is 5.82 Å². The second-order valence-corrected chi connectivity index (χ2v) is 10.9. The lowest BCUT2D eigenvalue weighted by molar-refractivity contribution is 0.269. The lowest BCUT2D eigenvalue weighted by atomic mass is 10.2. The Hall–Kier alpha value is -4.11. The highest BCUT2D eigenvalue weighted by Crippen LogP contribution is 2.35. The van der Waals surface area contributed by atoms with Gasteiger partial charge in [0, 0.05) is 31.0 Å². The third-order valence-electron chi connectivity index (χ3n) is 6.47. The SMILES string of the molecule is CCOc1cc(C=Nn2c(-c3cc4cc(Cl)ccc4o3)nc3ccccc3c2=O)c(Br)cc1OCc1ccccc1Cl. The van der Waals surface area contributed by atoms with Crippen molar-refractivity contribution in [2.45, 2.75) is 13.5 Å². The number of para-hydroxylation sites is 1. The van der Waals surface area contributed by atoms with Gasteiger partial charge < -0.3 is 13.9 Å². The van der Waals surface area contributed by atoms with Crippen molar-refractivity contribution in [1.29, 1.82) is 0 Å². The highest BCUT2D eigenvalue weighted by Gasteiger charge is 2.17. The minimum atomic E-state index is -0.341. The van der Waals surface area contributed by atoms with Gasteiger partial charge in [-0.15, -0.1) is 0 Å². The monoisotopic (exact) mass is 661 g/mol. The molecule has 42 heavy (non-hydrogen) atoms. The van der Waals surface area contributed by atoms with Gasteiger partial charge in [-0.1, -0.05) is 53.5 Å². The van der Waals surface area contributed by atoms with E-state index in [9.17, 15) is 4.79 Å². The zero-order valence-corrected chi connectivity index (χ0v) is 25.3. The summed E-state index contributed by atoms with van der Waals surface area (Å²) in [7, 11) is 0. The fourth-order valence-corrected chi connectivity index (χ4v) is 5.23. The summed E-state index contributed by atoms with van der Waals surface area (Å²) in [5, 5.41) is 6.98. The summed E-state index contributed by atoms with van der Waals surface area (Å²) < 4.78 is 19.9. The van der Waals surface area contributed by atoms with Crippen LogP contribution in [-0.2, 0) is 6.61 Å². The first-order chi connectivity index (χ1) is 20.4. The maximum Gasteiger partial charge on any atom is 0.282 e. The molecule has 210 valence electrons. The minimum absolute atomic E-state index is 0.253. The smallest absolute Gasteiger partial charge is 0.282 e. The summed E-state index contributed by atoms with van der Waals surface area (Å²) in [6, 6.07) is 25.3. The summed E-state index contributed by atoms with van der Waals surface area (Å²) in [6.45, 7) is 2.58. The number of hydrogen-bond acceptors (Lipinski definition) is 6. The maximum atomic E-state index is 13.6. The van der Waals surface area contributed by atoms with Crippen LogP contribution in [0, 0.1) is 0 Å². The number of rotatable bonds is 8. The van der Waals surface area contributed by atoms with E-state index in [-0.39, 0.29) is 18.0 Å². The van der Waals surface area contributed by atoms with Crippen LogP contribution in [0.5, 0.6) is 11.5 Å². The van der Waals surface area contributed by atoms with Crippen LogP contribution in [-0.4, -0.2) is 22.5 Å². The van der Waals surface area contributed by atoms with Crippen LogP contribution in [0.4, 0.5) is 0 Å². The fraction of sp³-hybridized carbons (Fsp3) is 0.0938. The predicted octanol–water partition coefficient (Wildman–Crippen LogP) is 8.74. The van der Waals surface area contributed by atoms with E-state index in [1.165, 1.54) is 4.68 Å². The summed E-state index contributed by atoms with van der Waals surface area (Å²) in [5.41, 5.74) is 2.31. The molecule has 2 heterocycles. The van der Waals surface area contributed by atoms with Gasteiger partial charge in [0.25, 0.3) is 5.56 Å². The van der Waals surface area contributed by atoms with Crippen LogP contribution in [0.3, 0.4) is 0 Å². The first-order valence-electron chi connectivity index (χ1n) is 13.0. The molecule has 0 amide bonds. The van der Waals surface area contributed by atoms with E-state index < -0.39 is 0 Å². The second kappa shape index (κ2) is 12.0. The van der Waals surface area contributed by atoms with Crippen molar-refractivity contribution in [2.24, 2.45) is 5.10 Å². The molecule has 0 aliphatic rings. The Morgan fingerprint density at radius 2 is 1.76 bits per heavy atom. The van der Waals surface area contributed by atoms with Gasteiger partial charge in [-0.2, -0.15) is 9.78 Å². The molecule has 0 atom stereocenters. The minimum Gasteiger partial charge on any atom is -0.490 e. The van der Waals surface area contributed by atoms with Crippen molar-refractivity contribution in [3.63, 3.8) is 0 Å². The number of halogens is 3. The molecule has 0 N–H and O–H groups in total. The molecule has 6 aromatic rings. The maximum absolute atomic E-state index is 13.6. The average Bonchev–Trinajstić information content (AvgIpc) is 3.41. The van der Waals surface area contributed by atoms with Crippen molar-refractivity contribution >= 4 is 67.2 Å². The van der Waals surface area contributed by atoms with Crippen LogP contribution in [0.2, 0.25) is 10.0 Å². The predicted molar refractivity (Wildman–Crippen MR) is 170 cm³/mol. The number of fused-ring (bicyclic) bond motifs is 2. The molecule has 4 aromatic carbocycles. The van der Waals surface area contributed by atoms with E-state index >= 15 is 0 Å². The molecule has 0 bridgehead atoms. The summed E-state index contributed by atoms with van der Waals surface area (Å²) in [4.78, 5) is 18.4. The molecule has 0 aliphatic carbocycles. The van der Waals surface area contributed by atoms with Crippen molar-refractivity contribution in [3.8, 4) is 23.1 Å². The van der Waals surface area contributed by atoms with E-state index in [4.69, 9.17) is 42.1 Å². The zero-order valence-electron chi connectivity index (χ0n) is 22.2. The number of ether oxygens (including phenoxy) is 2. The first kappa shape index (κ1) is 28.0.